The number of hydrogen-bond acceptors (Lipinski definition) is 3. The molecule has 4 heteroatoms. The van der Waals surface area contributed by atoms with Gasteiger partial charge in [0.25, 0.3) is 0 Å². The van der Waals surface area contributed by atoms with E-state index in [0.29, 0.717) is 5.15 Å². The van der Waals surface area contributed by atoms with Gasteiger partial charge in [0.2, 0.25) is 0 Å². The summed E-state index contributed by atoms with van der Waals surface area (Å²) < 4.78 is 0. The SMILES string of the molecule is Nc1ccc(Sc2cccnc2Cl)cc1. The minimum Gasteiger partial charge on any atom is -0.399 e. The third kappa shape index (κ3) is 2.64. The van der Waals surface area contributed by atoms with Gasteiger partial charge in [-0.1, -0.05) is 23.4 Å². The Morgan fingerprint density at radius 1 is 1.13 bits per heavy atom. The van der Waals surface area contributed by atoms with Crippen molar-refractivity contribution in [2.45, 2.75) is 9.79 Å². The Bertz CT molecular complexity index is 456. The summed E-state index contributed by atoms with van der Waals surface area (Å²) in [4.78, 5) is 6.06. The van der Waals surface area contributed by atoms with Crippen LogP contribution < -0.4 is 5.73 Å². The lowest BCUT2D eigenvalue weighted by Gasteiger charge is -2.02. The maximum atomic E-state index is 5.95. The van der Waals surface area contributed by atoms with Crippen LogP contribution in [0.3, 0.4) is 0 Å². The van der Waals surface area contributed by atoms with Crippen LogP contribution in [-0.4, -0.2) is 4.98 Å². The van der Waals surface area contributed by atoms with E-state index in [9.17, 15) is 0 Å². The molecule has 0 aliphatic rings. The van der Waals surface area contributed by atoms with Crippen molar-refractivity contribution in [3.63, 3.8) is 0 Å². The zero-order valence-corrected chi connectivity index (χ0v) is 9.42. The summed E-state index contributed by atoms with van der Waals surface area (Å²) in [5.74, 6) is 0. The average molecular weight is 237 g/mol. The van der Waals surface area contributed by atoms with Crippen LogP contribution in [0.2, 0.25) is 5.15 Å². The van der Waals surface area contributed by atoms with Gasteiger partial charge in [-0.2, -0.15) is 0 Å². The summed E-state index contributed by atoms with van der Waals surface area (Å²) >= 11 is 7.52. The van der Waals surface area contributed by atoms with E-state index in [2.05, 4.69) is 4.98 Å². The van der Waals surface area contributed by atoms with Crippen LogP contribution in [0, 0.1) is 0 Å². The van der Waals surface area contributed by atoms with Crippen LogP contribution in [0.5, 0.6) is 0 Å². The van der Waals surface area contributed by atoms with Gasteiger partial charge >= 0.3 is 0 Å². The van der Waals surface area contributed by atoms with E-state index >= 15 is 0 Å². The van der Waals surface area contributed by atoms with Crippen molar-refractivity contribution in [3.05, 3.63) is 47.7 Å². The molecule has 76 valence electrons. The van der Waals surface area contributed by atoms with Crippen LogP contribution in [0.4, 0.5) is 5.69 Å². The highest BCUT2D eigenvalue weighted by Crippen LogP contribution is 2.31. The number of halogens is 1. The summed E-state index contributed by atoms with van der Waals surface area (Å²) in [5.41, 5.74) is 6.36. The molecular weight excluding hydrogens is 228 g/mol. The predicted molar refractivity (Wildman–Crippen MR) is 64.2 cm³/mol. The summed E-state index contributed by atoms with van der Waals surface area (Å²) in [6, 6.07) is 11.5. The lowest BCUT2D eigenvalue weighted by molar-refractivity contribution is 1.23. The maximum Gasteiger partial charge on any atom is 0.142 e. The molecule has 2 rings (SSSR count). The number of anilines is 1. The smallest absolute Gasteiger partial charge is 0.142 e. The van der Waals surface area contributed by atoms with Gasteiger partial charge in [-0.3, -0.25) is 0 Å². The molecular formula is C11H9ClN2S. The first-order chi connectivity index (χ1) is 7.25. The number of nitrogen functional groups attached to an aromatic ring is 1. The van der Waals surface area contributed by atoms with Crippen molar-refractivity contribution in [3.8, 4) is 0 Å². The average Bonchev–Trinajstić information content (AvgIpc) is 2.25. The standard InChI is InChI=1S/C11H9ClN2S/c12-11-10(2-1-7-14-11)15-9-5-3-8(13)4-6-9/h1-7H,13H2. The maximum absolute atomic E-state index is 5.95. The monoisotopic (exact) mass is 236 g/mol. The molecule has 1 aromatic heterocycles. The molecule has 0 radical (unpaired) electrons. The molecule has 0 unspecified atom stereocenters. The Balaban J connectivity index is 2.22. The van der Waals surface area contributed by atoms with E-state index in [-0.39, 0.29) is 0 Å². The van der Waals surface area contributed by atoms with Gasteiger partial charge in [0.05, 0.1) is 0 Å². The van der Waals surface area contributed by atoms with Gasteiger partial charge in [-0.05, 0) is 36.4 Å². The minimum absolute atomic E-state index is 0.527. The molecule has 2 N–H and O–H groups in total. The van der Waals surface area contributed by atoms with Crippen molar-refractivity contribution in [1.29, 1.82) is 0 Å². The van der Waals surface area contributed by atoms with Crippen molar-refractivity contribution >= 4 is 29.1 Å². The highest BCUT2D eigenvalue weighted by atomic mass is 35.5. The number of pyridine rings is 1. The van der Waals surface area contributed by atoms with Gasteiger partial charge in [0, 0.05) is 21.7 Å². The molecule has 0 atom stereocenters. The molecule has 0 bridgehead atoms. The van der Waals surface area contributed by atoms with E-state index in [0.717, 1.165) is 15.5 Å². The molecule has 1 heterocycles. The molecule has 0 aliphatic heterocycles. The lowest BCUT2D eigenvalue weighted by Crippen LogP contribution is -1.83. The Kier molecular flexibility index (Phi) is 3.14. The normalized spacial score (nSPS) is 10.2. The summed E-state index contributed by atoms with van der Waals surface area (Å²) in [6.45, 7) is 0. The Labute approximate surface area is 97.5 Å². The van der Waals surface area contributed by atoms with E-state index in [1.165, 1.54) is 0 Å². The first kappa shape index (κ1) is 10.3. The van der Waals surface area contributed by atoms with Crippen LogP contribution in [0.15, 0.2) is 52.4 Å². The summed E-state index contributed by atoms with van der Waals surface area (Å²) in [5, 5.41) is 0.527. The van der Waals surface area contributed by atoms with E-state index in [4.69, 9.17) is 17.3 Å². The first-order valence-corrected chi connectivity index (χ1v) is 5.59. The Morgan fingerprint density at radius 2 is 1.87 bits per heavy atom. The zero-order valence-electron chi connectivity index (χ0n) is 7.85. The van der Waals surface area contributed by atoms with E-state index in [1.807, 2.05) is 36.4 Å². The predicted octanol–water partition coefficient (Wildman–Crippen LogP) is 3.47. The second kappa shape index (κ2) is 4.55. The topological polar surface area (TPSA) is 38.9 Å². The molecule has 0 amide bonds. The summed E-state index contributed by atoms with van der Waals surface area (Å²) in [6.07, 6.45) is 1.68. The minimum atomic E-state index is 0.527. The molecule has 0 aliphatic carbocycles. The second-order valence-corrected chi connectivity index (χ2v) is 4.44. The largest absolute Gasteiger partial charge is 0.399 e. The Hall–Kier alpha value is -1.19. The molecule has 0 saturated carbocycles. The van der Waals surface area contributed by atoms with Crippen LogP contribution in [0.1, 0.15) is 0 Å². The number of nitrogens with zero attached hydrogens (tertiary/aromatic N) is 1. The van der Waals surface area contributed by atoms with Gasteiger partial charge in [-0.25, -0.2) is 4.98 Å². The lowest BCUT2D eigenvalue weighted by atomic mass is 10.3. The highest BCUT2D eigenvalue weighted by Gasteiger charge is 2.02. The molecule has 2 aromatic rings. The number of hydrogen-bond donors (Lipinski definition) is 1. The van der Waals surface area contributed by atoms with E-state index in [1.54, 1.807) is 18.0 Å². The van der Waals surface area contributed by atoms with Crippen LogP contribution in [-0.2, 0) is 0 Å². The first-order valence-electron chi connectivity index (χ1n) is 4.39. The summed E-state index contributed by atoms with van der Waals surface area (Å²) in [7, 11) is 0. The third-order valence-electron chi connectivity index (χ3n) is 1.83. The molecule has 1 aromatic carbocycles. The highest BCUT2D eigenvalue weighted by molar-refractivity contribution is 7.99. The van der Waals surface area contributed by atoms with E-state index < -0.39 is 0 Å². The fraction of sp³-hybridized carbons (Fsp3) is 0. The molecule has 0 spiro atoms. The van der Waals surface area contributed by atoms with Crippen molar-refractivity contribution in [2.24, 2.45) is 0 Å². The van der Waals surface area contributed by atoms with Crippen LogP contribution in [0.25, 0.3) is 0 Å². The van der Waals surface area contributed by atoms with Crippen molar-refractivity contribution < 1.29 is 0 Å². The number of nitrogens with two attached hydrogens (primary N) is 1. The quantitative estimate of drug-likeness (QED) is 0.641. The fourth-order valence-electron chi connectivity index (χ4n) is 1.11. The molecule has 0 saturated heterocycles. The van der Waals surface area contributed by atoms with Gasteiger partial charge in [-0.15, -0.1) is 0 Å². The number of rotatable bonds is 2. The van der Waals surface area contributed by atoms with Crippen LogP contribution >= 0.6 is 23.4 Å². The van der Waals surface area contributed by atoms with Gasteiger partial charge in [0.1, 0.15) is 5.15 Å². The zero-order chi connectivity index (χ0) is 10.7. The number of benzene rings is 1. The molecule has 2 nitrogen and oxygen atoms in total. The fourth-order valence-corrected chi connectivity index (χ4v) is 2.15. The van der Waals surface area contributed by atoms with Gasteiger partial charge in [0.15, 0.2) is 0 Å². The Morgan fingerprint density at radius 3 is 2.53 bits per heavy atom. The molecule has 0 fully saturated rings. The van der Waals surface area contributed by atoms with Gasteiger partial charge < -0.3 is 5.73 Å². The number of aromatic nitrogens is 1. The second-order valence-electron chi connectivity index (χ2n) is 2.96. The third-order valence-corrected chi connectivity index (χ3v) is 3.30. The van der Waals surface area contributed by atoms with Crippen molar-refractivity contribution in [2.75, 3.05) is 5.73 Å². The van der Waals surface area contributed by atoms with Crippen molar-refractivity contribution in [1.82, 2.24) is 4.98 Å². The molecule has 15 heavy (non-hydrogen) atoms.